The van der Waals surface area contributed by atoms with Crippen LogP contribution in [0.5, 0.6) is 5.75 Å². The molecule has 3 rings (SSSR count). The fraction of sp³-hybridized carbons (Fsp3) is 0.375. The number of benzene rings is 1. The zero-order chi connectivity index (χ0) is 14.8. The second-order valence-electron chi connectivity index (χ2n) is 5.31. The lowest BCUT2D eigenvalue weighted by Gasteiger charge is -2.21. The maximum Gasteiger partial charge on any atom is 0.223 e. The van der Waals surface area contributed by atoms with E-state index in [1.54, 1.807) is 14.2 Å². The fourth-order valence-electron chi connectivity index (χ4n) is 2.91. The maximum atomic E-state index is 11.9. The van der Waals surface area contributed by atoms with Gasteiger partial charge in [0.15, 0.2) is 0 Å². The van der Waals surface area contributed by atoms with Gasteiger partial charge in [-0.1, -0.05) is 0 Å². The Morgan fingerprint density at radius 2 is 2.14 bits per heavy atom. The van der Waals surface area contributed by atoms with Crippen molar-refractivity contribution >= 4 is 5.91 Å². The minimum absolute atomic E-state index is 0.0390. The SMILES string of the molecule is CNC(=O)[C@H]1CCc2[nH]nc(-c3ccc(OC)cc3)c2C1. The van der Waals surface area contributed by atoms with Crippen LogP contribution >= 0.6 is 0 Å². The highest BCUT2D eigenvalue weighted by Gasteiger charge is 2.28. The van der Waals surface area contributed by atoms with Crippen LogP contribution in [0.2, 0.25) is 0 Å². The van der Waals surface area contributed by atoms with Crippen LogP contribution in [0.4, 0.5) is 0 Å². The molecule has 1 aliphatic rings. The first-order valence-corrected chi connectivity index (χ1v) is 7.15. The lowest BCUT2D eigenvalue weighted by molar-refractivity contribution is -0.124. The summed E-state index contributed by atoms with van der Waals surface area (Å²) in [6.07, 6.45) is 2.49. The highest BCUT2D eigenvalue weighted by Crippen LogP contribution is 2.32. The summed E-state index contributed by atoms with van der Waals surface area (Å²) in [5, 5.41) is 10.3. The van der Waals surface area contributed by atoms with Crippen molar-refractivity contribution in [3.05, 3.63) is 35.5 Å². The molecular weight excluding hydrogens is 266 g/mol. The number of hydrogen-bond donors (Lipinski definition) is 2. The Balaban J connectivity index is 1.91. The van der Waals surface area contributed by atoms with Crippen LogP contribution in [0.3, 0.4) is 0 Å². The van der Waals surface area contributed by atoms with Crippen LogP contribution < -0.4 is 10.1 Å². The van der Waals surface area contributed by atoms with Gasteiger partial charge in [-0.25, -0.2) is 0 Å². The van der Waals surface area contributed by atoms with E-state index in [1.807, 2.05) is 24.3 Å². The van der Waals surface area contributed by atoms with E-state index in [4.69, 9.17) is 4.74 Å². The zero-order valence-corrected chi connectivity index (χ0v) is 12.3. The first-order valence-electron chi connectivity index (χ1n) is 7.15. The lowest BCUT2D eigenvalue weighted by atomic mass is 9.85. The van der Waals surface area contributed by atoms with E-state index in [1.165, 1.54) is 5.56 Å². The number of aromatic nitrogens is 2. The molecule has 1 aromatic carbocycles. The number of hydrogen-bond acceptors (Lipinski definition) is 3. The van der Waals surface area contributed by atoms with Crippen molar-refractivity contribution in [1.29, 1.82) is 0 Å². The number of ether oxygens (including phenoxy) is 1. The van der Waals surface area contributed by atoms with Gasteiger partial charge in [-0.05, 0) is 43.5 Å². The van der Waals surface area contributed by atoms with Crippen LogP contribution in [-0.2, 0) is 17.6 Å². The number of aryl methyl sites for hydroxylation is 1. The minimum atomic E-state index is 0.0390. The highest BCUT2D eigenvalue weighted by atomic mass is 16.5. The van der Waals surface area contributed by atoms with Crippen molar-refractivity contribution in [2.75, 3.05) is 14.2 Å². The number of nitrogens with one attached hydrogen (secondary N) is 2. The molecule has 110 valence electrons. The summed E-state index contributed by atoms with van der Waals surface area (Å²) in [5.74, 6) is 0.978. The van der Waals surface area contributed by atoms with Gasteiger partial charge < -0.3 is 10.1 Å². The van der Waals surface area contributed by atoms with Gasteiger partial charge in [0, 0.05) is 29.8 Å². The van der Waals surface area contributed by atoms with Crippen LogP contribution in [0.25, 0.3) is 11.3 Å². The third kappa shape index (κ3) is 2.51. The summed E-state index contributed by atoms with van der Waals surface area (Å²) in [6, 6.07) is 7.85. The van der Waals surface area contributed by atoms with Gasteiger partial charge in [0.05, 0.1) is 12.8 Å². The highest BCUT2D eigenvalue weighted by molar-refractivity contribution is 5.79. The molecule has 0 bridgehead atoms. The molecule has 2 aromatic rings. The molecule has 0 unspecified atom stereocenters. The Kier molecular flexibility index (Phi) is 3.64. The molecule has 0 saturated heterocycles. The molecule has 0 radical (unpaired) electrons. The first-order chi connectivity index (χ1) is 10.2. The van der Waals surface area contributed by atoms with Crippen molar-refractivity contribution in [2.45, 2.75) is 19.3 Å². The van der Waals surface area contributed by atoms with Crippen molar-refractivity contribution in [2.24, 2.45) is 5.92 Å². The number of aromatic amines is 1. The van der Waals surface area contributed by atoms with E-state index < -0.39 is 0 Å². The Hall–Kier alpha value is -2.30. The summed E-state index contributed by atoms with van der Waals surface area (Å²) in [7, 11) is 3.34. The first kappa shape index (κ1) is 13.7. The third-order valence-corrected chi connectivity index (χ3v) is 4.13. The second-order valence-corrected chi connectivity index (χ2v) is 5.31. The number of amides is 1. The van der Waals surface area contributed by atoms with E-state index in [-0.39, 0.29) is 11.8 Å². The molecule has 1 atom stereocenters. The van der Waals surface area contributed by atoms with Gasteiger partial charge in [-0.3, -0.25) is 9.89 Å². The zero-order valence-electron chi connectivity index (χ0n) is 12.3. The molecule has 1 aliphatic carbocycles. The normalized spacial score (nSPS) is 17.1. The summed E-state index contributed by atoms with van der Waals surface area (Å²) in [5.41, 5.74) is 4.31. The molecule has 1 aromatic heterocycles. The smallest absolute Gasteiger partial charge is 0.223 e. The van der Waals surface area contributed by atoms with Crippen molar-refractivity contribution in [3.63, 3.8) is 0 Å². The van der Waals surface area contributed by atoms with Gasteiger partial charge in [-0.15, -0.1) is 0 Å². The van der Waals surface area contributed by atoms with Gasteiger partial charge in [0.2, 0.25) is 5.91 Å². The van der Waals surface area contributed by atoms with Gasteiger partial charge in [0.25, 0.3) is 0 Å². The van der Waals surface area contributed by atoms with Crippen LogP contribution in [0.15, 0.2) is 24.3 Å². The van der Waals surface area contributed by atoms with Crippen molar-refractivity contribution in [1.82, 2.24) is 15.5 Å². The second kappa shape index (κ2) is 5.60. The van der Waals surface area contributed by atoms with E-state index in [0.29, 0.717) is 0 Å². The lowest BCUT2D eigenvalue weighted by Crippen LogP contribution is -2.31. The van der Waals surface area contributed by atoms with E-state index in [0.717, 1.165) is 42.0 Å². The van der Waals surface area contributed by atoms with Gasteiger partial charge in [-0.2, -0.15) is 5.10 Å². The average molecular weight is 285 g/mol. The summed E-state index contributed by atoms with van der Waals surface area (Å²) in [4.78, 5) is 11.9. The molecule has 0 saturated carbocycles. The van der Waals surface area contributed by atoms with Crippen molar-refractivity contribution in [3.8, 4) is 17.0 Å². The molecule has 1 amide bonds. The van der Waals surface area contributed by atoms with Gasteiger partial charge in [0.1, 0.15) is 5.75 Å². The number of H-pyrrole nitrogens is 1. The van der Waals surface area contributed by atoms with E-state index in [2.05, 4.69) is 15.5 Å². The molecule has 0 spiro atoms. The van der Waals surface area contributed by atoms with Gasteiger partial charge >= 0.3 is 0 Å². The summed E-state index contributed by atoms with van der Waals surface area (Å²) in [6.45, 7) is 0. The number of fused-ring (bicyclic) bond motifs is 1. The Morgan fingerprint density at radius 1 is 1.38 bits per heavy atom. The van der Waals surface area contributed by atoms with Crippen LogP contribution in [0.1, 0.15) is 17.7 Å². The molecule has 1 heterocycles. The monoisotopic (exact) mass is 285 g/mol. The third-order valence-electron chi connectivity index (χ3n) is 4.13. The number of methoxy groups -OCH3 is 1. The van der Waals surface area contributed by atoms with E-state index in [9.17, 15) is 4.79 Å². The number of nitrogens with zero attached hydrogens (tertiary/aromatic N) is 1. The molecule has 21 heavy (non-hydrogen) atoms. The van der Waals surface area contributed by atoms with Crippen molar-refractivity contribution < 1.29 is 9.53 Å². The topological polar surface area (TPSA) is 67.0 Å². The summed E-state index contributed by atoms with van der Waals surface area (Å²) < 4.78 is 5.18. The number of carbonyl (C=O) groups excluding carboxylic acids is 1. The van der Waals surface area contributed by atoms with Crippen LogP contribution in [-0.4, -0.2) is 30.3 Å². The molecule has 0 fully saturated rings. The molecule has 0 aliphatic heterocycles. The Bertz CT molecular complexity index is 646. The predicted octanol–water partition coefficient (Wildman–Crippen LogP) is 1.94. The van der Waals surface area contributed by atoms with E-state index >= 15 is 0 Å². The molecule has 5 nitrogen and oxygen atoms in total. The number of carbonyl (C=O) groups is 1. The number of rotatable bonds is 3. The Labute approximate surface area is 123 Å². The maximum absolute atomic E-state index is 11.9. The molecule has 5 heteroatoms. The Morgan fingerprint density at radius 3 is 2.81 bits per heavy atom. The molecular formula is C16H19N3O2. The quantitative estimate of drug-likeness (QED) is 0.905. The summed E-state index contributed by atoms with van der Waals surface area (Å²) >= 11 is 0. The minimum Gasteiger partial charge on any atom is -0.497 e. The van der Waals surface area contributed by atoms with Crippen LogP contribution in [0, 0.1) is 5.92 Å². The average Bonchev–Trinajstić information content (AvgIpc) is 2.97. The predicted molar refractivity (Wildman–Crippen MR) is 80.2 cm³/mol. The molecule has 2 N–H and O–H groups in total. The fourth-order valence-corrected chi connectivity index (χ4v) is 2.91. The largest absolute Gasteiger partial charge is 0.497 e. The standard InChI is InChI=1S/C16H19N3O2/c1-17-16(20)11-5-8-14-13(9-11)15(19-18-14)10-3-6-12(21-2)7-4-10/h3-4,6-7,11H,5,8-9H2,1-2H3,(H,17,20)(H,18,19)/t11-/m0/s1.